The second-order valence-electron chi connectivity index (χ2n) is 3.94. The fraction of sp³-hybridized carbons (Fsp3) is 0.143. The van der Waals surface area contributed by atoms with Gasteiger partial charge in [-0.2, -0.15) is 0 Å². The molecule has 17 heavy (non-hydrogen) atoms. The Morgan fingerprint density at radius 3 is 2.88 bits per heavy atom. The van der Waals surface area contributed by atoms with Crippen molar-refractivity contribution in [3.63, 3.8) is 0 Å². The largest absolute Gasteiger partial charge is 0.464 e. The Morgan fingerprint density at radius 1 is 1.12 bits per heavy atom. The van der Waals surface area contributed by atoms with Gasteiger partial charge < -0.3 is 10.2 Å². The number of fused-ring (bicyclic) bond motifs is 1. The maximum Gasteiger partial charge on any atom is 0.134 e. The van der Waals surface area contributed by atoms with Gasteiger partial charge in [0.1, 0.15) is 5.58 Å². The van der Waals surface area contributed by atoms with Crippen LogP contribution in [0.15, 0.2) is 46.4 Å². The molecule has 2 heterocycles. The molecule has 0 aliphatic heterocycles. The summed E-state index contributed by atoms with van der Waals surface area (Å²) in [6.45, 7) is 0.684. The molecule has 0 spiro atoms. The van der Waals surface area contributed by atoms with Gasteiger partial charge in [0.2, 0.25) is 0 Å². The molecule has 3 heteroatoms. The van der Waals surface area contributed by atoms with E-state index in [2.05, 4.69) is 17.5 Å². The zero-order chi connectivity index (χ0) is 11.7. The second-order valence-corrected chi connectivity index (χ2v) is 4.94. The Morgan fingerprint density at radius 2 is 2.00 bits per heavy atom. The normalized spacial score (nSPS) is 11.1. The van der Waals surface area contributed by atoms with Crippen LogP contribution in [0.25, 0.3) is 22.1 Å². The molecule has 3 aromatic rings. The van der Waals surface area contributed by atoms with Crippen LogP contribution in [0.5, 0.6) is 0 Å². The number of para-hydroxylation sites is 1. The quantitative estimate of drug-likeness (QED) is 0.762. The smallest absolute Gasteiger partial charge is 0.134 e. The van der Waals surface area contributed by atoms with Crippen LogP contribution in [0.2, 0.25) is 0 Å². The summed E-state index contributed by atoms with van der Waals surface area (Å²) in [6, 6.07) is 10.3. The molecule has 0 radical (unpaired) electrons. The molecule has 3 rings (SSSR count). The van der Waals surface area contributed by atoms with E-state index in [9.17, 15) is 0 Å². The molecule has 0 fully saturated rings. The molecule has 2 aromatic heterocycles. The minimum atomic E-state index is 0.684. The van der Waals surface area contributed by atoms with E-state index in [0.717, 1.165) is 12.0 Å². The van der Waals surface area contributed by atoms with Gasteiger partial charge >= 0.3 is 0 Å². The fourth-order valence-electron chi connectivity index (χ4n) is 2.09. The van der Waals surface area contributed by atoms with E-state index >= 15 is 0 Å². The summed E-state index contributed by atoms with van der Waals surface area (Å²) in [5, 5.41) is 3.28. The van der Waals surface area contributed by atoms with Crippen LogP contribution in [0, 0.1) is 0 Å². The minimum Gasteiger partial charge on any atom is -0.464 e. The first-order chi connectivity index (χ1) is 8.40. The molecule has 2 nitrogen and oxygen atoms in total. The Bertz CT molecular complexity index is 638. The number of hydrogen-bond donors (Lipinski definition) is 1. The average Bonchev–Trinajstić information content (AvgIpc) is 2.95. The summed E-state index contributed by atoms with van der Waals surface area (Å²) in [5.74, 6) is 0. The molecular weight excluding hydrogens is 230 g/mol. The highest BCUT2D eigenvalue weighted by Crippen LogP contribution is 2.35. The monoisotopic (exact) mass is 243 g/mol. The summed E-state index contributed by atoms with van der Waals surface area (Å²) in [4.78, 5) is 1.33. The lowest BCUT2D eigenvalue weighted by atomic mass is 10.0. The Hall–Kier alpha value is -1.58. The van der Waals surface area contributed by atoms with Gasteiger partial charge in [-0.05, 0) is 36.0 Å². The number of hydrogen-bond acceptors (Lipinski definition) is 3. The van der Waals surface area contributed by atoms with Crippen molar-refractivity contribution in [2.75, 3.05) is 6.54 Å². The van der Waals surface area contributed by atoms with E-state index in [0.29, 0.717) is 6.54 Å². The fourth-order valence-corrected chi connectivity index (χ4v) is 3.00. The van der Waals surface area contributed by atoms with Crippen molar-refractivity contribution in [2.24, 2.45) is 5.73 Å². The maximum absolute atomic E-state index is 5.64. The predicted molar refractivity (Wildman–Crippen MR) is 72.3 cm³/mol. The molecule has 0 aliphatic rings. The van der Waals surface area contributed by atoms with Crippen molar-refractivity contribution >= 4 is 22.3 Å². The number of nitrogens with two attached hydrogens (primary N) is 1. The Labute approximate surface area is 104 Å². The van der Waals surface area contributed by atoms with E-state index in [-0.39, 0.29) is 0 Å². The van der Waals surface area contributed by atoms with E-state index in [4.69, 9.17) is 10.2 Å². The highest BCUT2D eigenvalue weighted by Gasteiger charge is 2.11. The third-order valence-corrected chi connectivity index (χ3v) is 3.87. The van der Waals surface area contributed by atoms with Crippen molar-refractivity contribution in [1.29, 1.82) is 0 Å². The first-order valence-corrected chi connectivity index (χ1v) is 6.51. The van der Waals surface area contributed by atoms with Crippen LogP contribution in [0.3, 0.4) is 0 Å². The van der Waals surface area contributed by atoms with Gasteiger partial charge in [0, 0.05) is 15.8 Å². The van der Waals surface area contributed by atoms with Crippen molar-refractivity contribution in [1.82, 2.24) is 0 Å². The first-order valence-electron chi connectivity index (χ1n) is 5.63. The standard InChI is InChI=1S/C14H13NOS/c15-7-5-14-11(6-8-17-14)12-9-16-13-4-2-1-3-10(12)13/h1-4,6,8-9H,5,7,15H2. The van der Waals surface area contributed by atoms with Crippen LogP contribution >= 0.6 is 11.3 Å². The second kappa shape index (κ2) is 4.35. The molecule has 0 atom stereocenters. The van der Waals surface area contributed by atoms with Gasteiger partial charge in [0.15, 0.2) is 0 Å². The number of furan rings is 1. The summed E-state index contributed by atoms with van der Waals surface area (Å²) in [7, 11) is 0. The summed E-state index contributed by atoms with van der Waals surface area (Å²) < 4.78 is 5.58. The van der Waals surface area contributed by atoms with Crippen LogP contribution in [0.4, 0.5) is 0 Å². The van der Waals surface area contributed by atoms with Crippen molar-refractivity contribution < 1.29 is 4.42 Å². The van der Waals surface area contributed by atoms with Crippen LogP contribution in [0.1, 0.15) is 4.88 Å². The highest BCUT2D eigenvalue weighted by atomic mass is 32.1. The van der Waals surface area contributed by atoms with Crippen LogP contribution in [-0.2, 0) is 6.42 Å². The lowest BCUT2D eigenvalue weighted by Crippen LogP contribution is -2.01. The molecule has 0 saturated heterocycles. The third-order valence-electron chi connectivity index (χ3n) is 2.89. The summed E-state index contributed by atoms with van der Waals surface area (Å²) >= 11 is 1.76. The Balaban J connectivity index is 2.17. The van der Waals surface area contributed by atoms with E-state index in [1.54, 1.807) is 11.3 Å². The topological polar surface area (TPSA) is 39.2 Å². The van der Waals surface area contributed by atoms with E-state index in [1.807, 2.05) is 24.5 Å². The van der Waals surface area contributed by atoms with Crippen LogP contribution in [-0.4, -0.2) is 6.54 Å². The zero-order valence-electron chi connectivity index (χ0n) is 9.35. The predicted octanol–water partition coefficient (Wildman–Crippen LogP) is 3.66. The third kappa shape index (κ3) is 1.77. The molecule has 86 valence electrons. The molecule has 0 amide bonds. The van der Waals surface area contributed by atoms with E-state index in [1.165, 1.54) is 21.4 Å². The number of rotatable bonds is 3. The van der Waals surface area contributed by atoms with Gasteiger partial charge in [0.05, 0.1) is 6.26 Å². The maximum atomic E-state index is 5.64. The van der Waals surface area contributed by atoms with Gasteiger partial charge in [-0.15, -0.1) is 11.3 Å². The minimum absolute atomic E-state index is 0.684. The van der Waals surface area contributed by atoms with Gasteiger partial charge in [0.25, 0.3) is 0 Å². The van der Waals surface area contributed by atoms with Gasteiger partial charge in [-0.3, -0.25) is 0 Å². The zero-order valence-corrected chi connectivity index (χ0v) is 10.2. The summed E-state index contributed by atoms with van der Waals surface area (Å²) in [6.07, 6.45) is 2.76. The highest BCUT2D eigenvalue weighted by molar-refractivity contribution is 7.10. The molecule has 2 N–H and O–H groups in total. The molecular formula is C14H13NOS. The van der Waals surface area contributed by atoms with Gasteiger partial charge in [-0.25, -0.2) is 0 Å². The first kappa shape index (κ1) is 10.6. The van der Waals surface area contributed by atoms with E-state index < -0.39 is 0 Å². The van der Waals surface area contributed by atoms with Gasteiger partial charge in [-0.1, -0.05) is 18.2 Å². The molecule has 0 aliphatic carbocycles. The summed E-state index contributed by atoms with van der Waals surface area (Å²) in [5.41, 5.74) is 9.00. The number of benzene rings is 1. The lowest BCUT2D eigenvalue weighted by Gasteiger charge is -2.00. The SMILES string of the molecule is NCCc1sccc1-c1coc2ccccc12. The molecule has 0 bridgehead atoms. The average molecular weight is 243 g/mol. The van der Waals surface area contributed by atoms with Crippen molar-refractivity contribution in [3.05, 3.63) is 46.9 Å². The van der Waals surface area contributed by atoms with Crippen molar-refractivity contribution in [3.8, 4) is 11.1 Å². The Kier molecular flexibility index (Phi) is 2.71. The molecule has 0 unspecified atom stereocenters. The molecule has 1 aromatic carbocycles. The van der Waals surface area contributed by atoms with Crippen molar-refractivity contribution in [2.45, 2.75) is 6.42 Å². The van der Waals surface area contributed by atoms with Crippen LogP contribution < -0.4 is 5.73 Å². The molecule has 0 saturated carbocycles. The lowest BCUT2D eigenvalue weighted by molar-refractivity contribution is 0.617. The number of thiophene rings is 1.